The SMILES string of the molecule is CCOC(=O)CC(O)=N/N=C/C=C1\N(CC)c2ccccc2C1(C)Cc1ccccc1.[Co]. The average Bonchev–Trinajstić information content (AvgIpc) is 2.99. The van der Waals surface area contributed by atoms with Crippen LogP contribution in [0.4, 0.5) is 5.69 Å². The number of aliphatic hydroxyl groups is 1. The summed E-state index contributed by atoms with van der Waals surface area (Å²) in [6.45, 7) is 7.16. The van der Waals surface area contributed by atoms with Crippen molar-refractivity contribution in [3.8, 4) is 0 Å². The van der Waals surface area contributed by atoms with Gasteiger partial charge in [-0.05, 0) is 50.5 Å². The molecule has 1 N–H and O–H groups in total. The summed E-state index contributed by atoms with van der Waals surface area (Å²) in [6, 6.07) is 18.9. The molecule has 0 saturated carbocycles. The van der Waals surface area contributed by atoms with Crippen LogP contribution in [0.2, 0.25) is 0 Å². The Morgan fingerprint density at radius 3 is 2.50 bits per heavy atom. The quantitative estimate of drug-likeness (QED) is 0.256. The van der Waals surface area contributed by atoms with Gasteiger partial charge in [-0.15, -0.1) is 5.10 Å². The van der Waals surface area contributed by atoms with Crippen molar-refractivity contribution in [3.05, 3.63) is 77.5 Å². The van der Waals surface area contributed by atoms with Crippen molar-refractivity contribution < 1.29 is 31.4 Å². The van der Waals surface area contributed by atoms with Crippen molar-refractivity contribution in [2.24, 2.45) is 10.2 Å². The second kappa shape index (κ2) is 11.6. The van der Waals surface area contributed by atoms with Crippen LogP contribution < -0.4 is 4.90 Å². The van der Waals surface area contributed by atoms with Gasteiger partial charge in [0.15, 0.2) is 0 Å². The van der Waals surface area contributed by atoms with Crippen molar-refractivity contribution in [1.29, 1.82) is 0 Å². The number of nitrogens with zero attached hydrogens (tertiary/aromatic N) is 3. The molecule has 6 nitrogen and oxygen atoms in total. The topological polar surface area (TPSA) is 74.5 Å². The standard InChI is InChI=1S/C25H29N3O3.Co/c1-4-28-21-14-10-9-13-20(21)25(3,18-19-11-7-6-8-12-19)22(28)15-16-26-27-23(29)17-24(30)31-5-2;/h6-16H,4-5,17-18H2,1-3H3,(H,27,29);/b22-15-,26-16+;. The predicted molar refractivity (Wildman–Crippen MR) is 125 cm³/mol. The molecule has 0 aliphatic carbocycles. The van der Waals surface area contributed by atoms with Gasteiger partial charge in [-0.3, -0.25) is 4.79 Å². The van der Waals surface area contributed by atoms with E-state index in [0.717, 1.165) is 18.7 Å². The summed E-state index contributed by atoms with van der Waals surface area (Å²) in [5.41, 5.74) is 4.59. The van der Waals surface area contributed by atoms with Crippen LogP contribution in [0.3, 0.4) is 0 Å². The molecule has 1 heterocycles. The van der Waals surface area contributed by atoms with E-state index in [1.54, 1.807) is 13.1 Å². The van der Waals surface area contributed by atoms with Crippen molar-refractivity contribution in [2.45, 2.75) is 39.0 Å². The monoisotopic (exact) mass is 478 g/mol. The number of carbonyl (C=O) groups excluding carboxylic acids is 1. The molecule has 1 aliphatic heterocycles. The Balaban J connectivity index is 0.00000363. The number of fused-ring (bicyclic) bond motifs is 1. The Morgan fingerprint density at radius 2 is 1.81 bits per heavy atom. The molecule has 3 rings (SSSR count). The molecule has 1 radical (unpaired) electrons. The second-order valence-corrected chi connectivity index (χ2v) is 7.57. The van der Waals surface area contributed by atoms with E-state index in [9.17, 15) is 9.90 Å². The van der Waals surface area contributed by atoms with Crippen LogP contribution in [0.25, 0.3) is 0 Å². The second-order valence-electron chi connectivity index (χ2n) is 7.57. The molecule has 171 valence electrons. The molecule has 1 atom stereocenters. The molecule has 1 aliphatic rings. The normalized spacial score (nSPS) is 19.2. The zero-order valence-electron chi connectivity index (χ0n) is 18.6. The number of hydrogen-bond donors (Lipinski definition) is 1. The van der Waals surface area contributed by atoms with E-state index in [0.29, 0.717) is 0 Å². The Labute approximate surface area is 199 Å². The number of allylic oxidation sites excluding steroid dienone is 2. The maximum absolute atomic E-state index is 11.4. The molecular weight excluding hydrogens is 449 g/mol. The van der Waals surface area contributed by atoms with Crippen molar-refractivity contribution >= 4 is 23.8 Å². The third kappa shape index (κ3) is 5.66. The molecule has 0 saturated heterocycles. The zero-order chi connectivity index (χ0) is 22.3. The summed E-state index contributed by atoms with van der Waals surface area (Å²) >= 11 is 0. The number of hydrogen-bond acceptors (Lipinski definition) is 5. The maximum atomic E-state index is 11.4. The van der Waals surface area contributed by atoms with Crippen molar-refractivity contribution in [1.82, 2.24) is 0 Å². The van der Waals surface area contributed by atoms with E-state index < -0.39 is 5.97 Å². The van der Waals surface area contributed by atoms with Crippen LogP contribution in [-0.4, -0.2) is 36.3 Å². The summed E-state index contributed by atoms with van der Waals surface area (Å²) in [5.74, 6) is -0.904. The average molecular weight is 478 g/mol. The molecule has 2 aromatic rings. The number of rotatable bonds is 8. The van der Waals surface area contributed by atoms with Gasteiger partial charge in [0.05, 0.1) is 12.8 Å². The Bertz CT molecular complexity index is 1000. The largest absolute Gasteiger partial charge is 0.495 e. The summed E-state index contributed by atoms with van der Waals surface area (Å²) in [6.07, 6.45) is 4.06. The molecule has 0 spiro atoms. The van der Waals surface area contributed by atoms with Gasteiger partial charge in [0.2, 0.25) is 5.90 Å². The molecule has 1 unspecified atom stereocenters. The summed E-state index contributed by atoms with van der Waals surface area (Å²) in [5, 5.41) is 17.5. The number of carbonyl (C=O) groups is 1. The third-order valence-corrected chi connectivity index (χ3v) is 5.44. The number of ether oxygens (including phenoxy) is 1. The fourth-order valence-electron chi connectivity index (χ4n) is 4.13. The molecule has 7 heteroatoms. The van der Waals surface area contributed by atoms with E-state index in [2.05, 4.69) is 77.5 Å². The Hall–Kier alpha value is -2.90. The maximum Gasteiger partial charge on any atom is 0.315 e. The Kier molecular flexibility index (Phi) is 9.22. The molecule has 0 fully saturated rings. The first-order valence-corrected chi connectivity index (χ1v) is 10.6. The summed E-state index contributed by atoms with van der Waals surface area (Å²) in [4.78, 5) is 13.7. The van der Waals surface area contributed by atoms with Crippen LogP contribution in [-0.2, 0) is 38.1 Å². The van der Waals surface area contributed by atoms with E-state index in [-0.39, 0.29) is 41.1 Å². The number of anilines is 1. The van der Waals surface area contributed by atoms with Gasteiger partial charge in [0.25, 0.3) is 0 Å². The number of aliphatic hydroxyl groups excluding tert-OH is 1. The predicted octanol–water partition coefficient (Wildman–Crippen LogP) is 4.80. The summed E-state index contributed by atoms with van der Waals surface area (Å²) in [7, 11) is 0. The fourth-order valence-corrected chi connectivity index (χ4v) is 4.13. The van der Waals surface area contributed by atoms with Crippen LogP contribution in [0.1, 0.15) is 38.3 Å². The van der Waals surface area contributed by atoms with E-state index >= 15 is 0 Å². The molecule has 2 aromatic carbocycles. The van der Waals surface area contributed by atoms with Crippen molar-refractivity contribution in [2.75, 3.05) is 18.1 Å². The Morgan fingerprint density at radius 1 is 1.12 bits per heavy atom. The van der Waals surface area contributed by atoms with Gasteiger partial charge in [-0.1, -0.05) is 48.5 Å². The van der Waals surface area contributed by atoms with Gasteiger partial charge in [-0.2, -0.15) is 5.10 Å². The number of esters is 1. The van der Waals surface area contributed by atoms with Gasteiger partial charge in [0.1, 0.15) is 6.42 Å². The molecule has 0 amide bonds. The van der Waals surface area contributed by atoms with Gasteiger partial charge in [0, 0.05) is 40.1 Å². The first-order chi connectivity index (χ1) is 15.0. The molecule has 0 aromatic heterocycles. The first kappa shape index (κ1) is 25.4. The van der Waals surface area contributed by atoms with Crippen LogP contribution in [0.15, 0.2) is 76.6 Å². The van der Waals surface area contributed by atoms with E-state index in [4.69, 9.17) is 4.74 Å². The minimum Gasteiger partial charge on any atom is -0.495 e. The fraction of sp³-hybridized carbons (Fsp3) is 0.320. The van der Waals surface area contributed by atoms with Gasteiger partial charge < -0.3 is 14.7 Å². The summed E-state index contributed by atoms with van der Waals surface area (Å²) < 4.78 is 4.80. The van der Waals surface area contributed by atoms with Gasteiger partial charge in [-0.25, -0.2) is 0 Å². The minimum atomic E-state index is -0.531. The molecule has 32 heavy (non-hydrogen) atoms. The van der Waals surface area contributed by atoms with E-state index in [1.807, 2.05) is 12.1 Å². The van der Waals surface area contributed by atoms with Crippen molar-refractivity contribution in [3.63, 3.8) is 0 Å². The van der Waals surface area contributed by atoms with Crippen LogP contribution in [0, 0.1) is 0 Å². The third-order valence-electron chi connectivity index (χ3n) is 5.44. The zero-order valence-corrected chi connectivity index (χ0v) is 19.7. The van der Waals surface area contributed by atoms with E-state index in [1.165, 1.54) is 16.8 Å². The first-order valence-electron chi connectivity index (χ1n) is 10.6. The molecule has 0 bridgehead atoms. The van der Waals surface area contributed by atoms with Gasteiger partial charge >= 0.3 is 5.97 Å². The van der Waals surface area contributed by atoms with Crippen LogP contribution >= 0.6 is 0 Å². The minimum absolute atomic E-state index is 0. The number of likely N-dealkylation sites (N-methyl/N-ethyl adjacent to an activating group) is 1. The smallest absolute Gasteiger partial charge is 0.315 e. The number of benzene rings is 2. The molecular formula is C25H29CoN3O3. The number of para-hydroxylation sites is 1. The van der Waals surface area contributed by atoms with Crippen LogP contribution in [0.5, 0.6) is 0 Å².